The van der Waals surface area contributed by atoms with Crippen LogP contribution in [0.3, 0.4) is 0 Å². The number of nitrogens with one attached hydrogen (secondary N) is 2. The molecular weight excluding hydrogens is 506 g/mol. The van der Waals surface area contributed by atoms with E-state index >= 15 is 0 Å². The van der Waals surface area contributed by atoms with E-state index in [2.05, 4.69) is 32.4 Å². The molecular formula is C28H34F2N6O3. The summed E-state index contributed by atoms with van der Waals surface area (Å²) in [5.74, 6) is -0.830. The van der Waals surface area contributed by atoms with Crippen LogP contribution in [0.2, 0.25) is 0 Å². The van der Waals surface area contributed by atoms with Crippen LogP contribution in [0.1, 0.15) is 25.3 Å². The number of anilines is 3. The highest BCUT2D eigenvalue weighted by Gasteiger charge is 2.24. The molecule has 0 radical (unpaired) electrons. The van der Waals surface area contributed by atoms with Crippen LogP contribution in [0.5, 0.6) is 5.88 Å². The van der Waals surface area contributed by atoms with Crippen LogP contribution in [0.15, 0.2) is 54.7 Å². The molecule has 11 heteroatoms. The molecule has 208 valence electrons. The zero-order valence-electron chi connectivity index (χ0n) is 21.9. The van der Waals surface area contributed by atoms with Crippen molar-refractivity contribution < 1.29 is 23.4 Å². The molecule has 0 atom stereocenters. The number of urea groups is 1. The first-order chi connectivity index (χ1) is 18.9. The lowest BCUT2D eigenvalue weighted by Gasteiger charge is -2.31. The summed E-state index contributed by atoms with van der Waals surface area (Å²) in [4.78, 5) is 24.5. The number of rotatable bonds is 11. The Balaban J connectivity index is 1.25. The number of ether oxygens (including phenoxy) is 1. The minimum atomic E-state index is -0.647. The number of carbonyl (C=O) groups excluding carboxylic acids is 1. The third kappa shape index (κ3) is 8.33. The Labute approximate surface area is 226 Å². The molecule has 2 heterocycles. The summed E-state index contributed by atoms with van der Waals surface area (Å²) in [6.45, 7) is 5.66. The van der Waals surface area contributed by atoms with Crippen molar-refractivity contribution >= 4 is 23.4 Å². The Morgan fingerprint density at radius 2 is 1.92 bits per heavy atom. The first-order valence-corrected chi connectivity index (χ1v) is 13.1. The molecule has 2 amide bonds. The van der Waals surface area contributed by atoms with E-state index in [1.807, 2.05) is 24.3 Å². The van der Waals surface area contributed by atoms with E-state index in [0.717, 1.165) is 30.5 Å². The Bertz CT molecular complexity index is 1220. The predicted octanol–water partition coefficient (Wildman–Crippen LogP) is 4.64. The van der Waals surface area contributed by atoms with Crippen LogP contribution in [0.4, 0.5) is 30.9 Å². The smallest absolute Gasteiger partial charge is 0.321 e. The largest absolute Gasteiger partial charge is 0.475 e. The van der Waals surface area contributed by atoms with Crippen LogP contribution in [-0.4, -0.2) is 70.3 Å². The van der Waals surface area contributed by atoms with E-state index in [0.29, 0.717) is 38.2 Å². The standard InChI is InChI=1S/C28H34F2N6O3/c1-2-35(14-15-37)18-20-6-8-23(9-7-20)32-27-31-17-25(30)26(34-27)39-19-21-10-12-36(13-11-21)28(38)33-24-5-3-4-22(29)16-24/h3-9,16-17,21,37H,2,10-15,18-19H2,1H3,(H,33,38)(H,31,32,34). The fourth-order valence-corrected chi connectivity index (χ4v) is 4.35. The minimum absolute atomic E-state index is 0.119. The molecule has 0 saturated carbocycles. The number of nitrogens with zero attached hydrogens (tertiary/aromatic N) is 4. The summed E-state index contributed by atoms with van der Waals surface area (Å²) in [6.07, 6.45) is 2.45. The number of likely N-dealkylation sites (N-methyl/N-ethyl adjacent to an activating group) is 1. The highest BCUT2D eigenvalue weighted by atomic mass is 19.1. The molecule has 0 aliphatic carbocycles. The van der Waals surface area contributed by atoms with Gasteiger partial charge >= 0.3 is 6.03 Å². The highest BCUT2D eigenvalue weighted by Crippen LogP contribution is 2.23. The Morgan fingerprint density at radius 1 is 1.15 bits per heavy atom. The topological polar surface area (TPSA) is 103 Å². The van der Waals surface area contributed by atoms with Gasteiger partial charge in [-0.25, -0.2) is 14.2 Å². The first kappa shape index (κ1) is 28.2. The van der Waals surface area contributed by atoms with Crippen molar-refractivity contribution in [3.8, 4) is 5.88 Å². The first-order valence-electron chi connectivity index (χ1n) is 13.1. The predicted molar refractivity (Wildman–Crippen MR) is 145 cm³/mol. The second kappa shape index (κ2) is 13.8. The molecule has 3 N–H and O–H groups in total. The lowest BCUT2D eigenvalue weighted by molar-refractivity contribution is 0.148. The number of hydrogen-bond acceptors (Lipinski definition) is 7. The number of halogens is 2. The average molecular weight is 541 g/mol. The Kier molecular flexibility index (Phi) is 9.98. The summed E-state index contributed by atoms with van der Waals surface area (Å²) in [6, 6.07) is 13.2. The van der Waals surface area contributed by atoms with Gasteiger partial charge in [0.25, 0.3) is 5.88 Å². The molecule has 0 spiro atoms. The van der Waals surface area contributed by atoms with Gasteiger partial charge in [-0.15, -0.1) is 0 Å². The molecule has 1 fully saturated rings. The summed E-state index contributed by atoms with van der Waals surface area (Å²) < 4.78 is 33.4. The van der Waals surface area contributed by atoms with Gasteiger partial charge in [-0.1, -0.05) is 25.1 Å². The van der Waals surface area contributed by atoms with E-state index in [1.165, 1.54) is 12.1 Å². The molecule has 9 nitrogen and oxygen atoms in total. The summed E-state index contributed by atoms with van der Waals surface area (Å²) >= 11 is 0. The van der Waals surface area contributed by atoms with Gasteiger partial charge in [-0.3, -0.25) is 4.90 Å². The molecule has 2 aromatic carbocycles. The average Bonchev–Trinajstić information content (AvgIpc) is 2.94. The maximum absolute atomic E-state index is 14.3. The third-order valence-corrected chi connectivity index (χ3v) is 6.63. The maximum Gasteiger partial charge on any atom is 0.321 e. The van der Waals surface area contributed by atoms with Gasteiger partial charge in [0.2, 0.25) is 11.8 Å². The van der Waals surface area contributed by atoms with Gasteiger partial charge in [-0.2, -0.15) is 9.37 Å². The van der Waals surface area contributed by atoms with Crippen molar-refractivity contribution in [2.75, 3.05) is 50.0 Å². The number of aromatic nitrogens is 2. The van der Waals surface area contributed by atoms with Crippen LogP contribution in [0, 0.1) is 17.6 Å². The van der Waals surface area contributed by atoms with E-state index in [9.17, 15) is 13.6 Å². The van der Waals surface area contributed by atoms with Crippen LogP contribution >= 0.6 is 0 Å². The van der Waals surface area contributed by atoms with Crippen LogP contribution in [-0.2, 0) is 6.54 Å². The molecule has 1 aliphatic heterocycles. The van der Waals surface area contributed by atoms with Crippen LogP contribution < -0.4 is 15.4 Å². The SMILES string of the molecule is CCN(CCO)Cc1ccc(Nc2ncc(F)c(OCC3CCN(C(=O)Nc4cccc(F)c4)CC3)n2)cc1. The number of piperidine rings is 1. The monoisotopic (exact) mass is 540 g/mol. The number of benzene rings is 2. The molecule has 39 heavy (non-hydrogen) atoms. The normalized spacial score (nSPS) is 13.9. The number of likely N-dealkylation sites (tertiary alicyclic amines) is 1. The second-order valence-electron chi connectivity index (χ2n) is 9.44. The fourth-order valence-electron chi connectivity index (χ4n) is 4.35. The van der Waals surface area contributed by atoms with Crippen molar-refractivity contribution in [2.24, 2.45) is 5.92 Å². The van der Waals surface area contributed by atoms with Crippen molar-refractivity contribution in [2.45, 2.75) is 26.3 Å². The van der Waals surface area contributed by atoms with E-state index < -0.39 is 11.6 Å². The van der Waals surface area contributed by atoms with Crippen molar-refractivity contribution in [3.63, 3.8) is 0 Å². The van der Waals surface area contributed by atoms with Gasteiger partial charge in [-0.05, 0) is 61.2 Å². The lowest BCUT2D eigenvalue weighted by atomic mass is 9.98. The summed E-state index contributed by atoms with van der Waals surface area (Å²) in [5, 5.41) is 14.9. The Hall–Kier alpha value is -3.83. The zero-order chi connectivity index (χ0) is 27.6. The number of aliphatic hydroxyl groups is 1. The Morgan fingerprint density at radius 3 is 2.62 bits per heavy atom. The van der Waals surface area contributed by atoms with E-state index in [-0.39, 0.29) is 37.0 Å². The molecule has 0 bridgehead atoms. The number of amides is 2. The van der Waals surface area contributed by atoms with Gasteiger partial charge in [0.15, 0.2) is 0 Å². The van der Waals surface area contributed by atoms with Gasteiger partial charge < -0.3 is 25.4 Å². The van der Waals surface area contributed by atoms with Crippen molar-refractivity contribution in [1.29, 1.82) is 0 Å². The van der Waals surface area contributed by atoms with Gasteiger partial charge in [0, 0.05) is 37.6 Å². The number of hydrogen-bond donors (Lipinski definition) is 3. The molecule has 1 aliphatic rings. The van der Waals surface area contributed by atoms with Gasteiger partial charge in [0.05, 0.1) is 19.4 Å². The third-order valence-electron chi connectivity index (χ3n) is 6.63. The van der Waals surface area contributed by atoms with Crippen molar-refractivity contribution in [3.05, 3.63) is 71.9 Å². The second-order valence-corrected chi connectivity index (χ2v) is 9.44. The zero-order valence-corrected chi connectivity index (χ0v) is 21.9. The summed E-state index contributed by atoms with van der Waals surface area (Å²) in [7, 11) is 0. The maximum atomic E-state index is 14.3. The highest BCUT2D eigenvalue weighted by molar-refractivity contribution is 5.89. The number of aliphatic hydroxyl groups excluding tert-OH is 1. The van der Waals surface area contributed by atoms with E-state index in [1.54, 1.807) is 17.0 Å². The van der Waals surface area contributed by atoms with Crippen LogP contribution in [0.25, 0.3) is 0 Å². The van der Waals surface area contributed by atoms with Crippen molar-refractivity contribution in [1.82, 2.24) is 19.8 Å². The van der Waals surface area contributed by atoms with E-state index in [4.69, 9.17) is 9.84 Å². The molecule has 3 aromatic rings. The summed E-state index contributed by atoms with van der Waals surface area (Å²) in [5.41, 5.74) is 2.27. The number of carbonyl (C=O) groups is 1. The molecule has 4 rings (SSSR count). The van der Waals surface area contributed by atoms with Gasteiger partial charge in [0.1, 0.15) is 5.82 Å². The fraction of sp³-hybridized carbons (Fsp3) is 0.393. The molecule has 1 aromatic heterocycles. The lowest BCUT2D eigenvalue weighted by Crippen LogP contribution is -2.42. The quantitative estimate of drug-likeness (QED) is 0.326. The minimum Gasteiger partial charge on any atom is -0.475 e. The molecule has 1 saturated heterocycles. The molecule has 0 unspecified atom stereocenters.